The minimum atomic E-state index is -0.350. The molecule has 1 aromatic heterocycles. The number of benzene rings is 1. The third-order valence-electron chi connectivity index (χ3n) is 2.82. The summed E-state index contributed by atoms with van der Waals surface area (Å²) < 4.78 is 14.9. The molecule has 1 heterocycles. The Kier molecular flexibility index (Phi) is 3.54. The fourth-order valence-corrected chi connectivity index (χ4v) is 1.79. The zero-order valence-electron chi connectivity index (χ0n) is 9.97. The van der Waals surface area contributed by atoms with Crippen LogP contribution in [0.2, 0.25) is 0 Å². The Morgan fingerprint density at radius 2 is 2.28 bits per heavy atom. The van der Waals surface area contributed by atoms with Gasteiger partial charge in [0.2, 0.25) is 0 Å². The maximum Gasteiger partial charge on any atom is 0.138 e. The summed E-state index contributed by atoms with van der Waals surface area (Å²) in [5, 5.41) is 3.97. The minimum Gasteiger partial charge on any atom is -0.398 e. The van der Waals surface area contributed by atoms with Gasteiger partial charge < -0.3 is 5.73 Å². The van der Waals surface area contributed by atoms with Crippen LogP contribution in [-0.4, -0.2) is 14.8 Å². The first-order valence-corrected chi connectivity index (χ1v) is 5.45. The average molecular weight is 250 g/mol. The summed E-state index contributed by atoms with van der Waals surface area (Å²) in [6.07, 6.45) is 1.93. The summed E-state index contributed by atoms with van der Waals surface area (Å²) in [6, 6.07) is 3.89. The molecular weight excluding hydrogens is 235 g/mol. The van der Waals surface area contributed by atoms with Gasteiger partial charge in [0.15, 0.2) is 0 Å². The van der Waals surface area contributed by atoms with E-state index in [-0.39, 0.29) is 11.9 Å². The summed E-state index contributed by atoms with van der Waals surface area (Å²) in [4.78, 5) is 4.10. The third kappa shape index (κ3) is 2.47. The first kappa shape index (κ1) is 12.5. The molecule has 0 aliphatic carbocycles. The Morgan fingerprint density at radius 1 is 1.50 bits per heavy atom. The van der Waals surface area contributed by atoms with E-state index in [1.54, 1.807) is 11.7 Å². The van der Waals surface area contributed by atoms with Gasteiger partial charge in [-0.15, -0.1) is 0 Å². The number of nitrogens with two attached hydrogens (primary N) is 2. The van der Waals surface area contributed by atoms with E-state index in [9.17, 15) is 4.39 Å². The van der Waals surface area contributed by atoms with Gasteiger partial charge in [-0.3, -0.25) is 16.0 Å². The molecule has 96 valence electrons. The largest absolute Gasteiger partial charge is 0.398 e. The second kappa shape index (κ2) is 5.11. The summed E-state index contributed by atoms with van der Waals surface area (Å²) in [5.41, 5.74) is 9.55. The first-order valence-electron chi connectivity index (χ1n) is 5.45. The van der Waals surface area contributed by atoms with Gasteiger partial charge in [0.1, 0.15) is 18.0 Å². The molecule has 1 aromatic carbocycles. The maximum absolute atomic E-state index is 13.2. The fourth-order valence-electron chi connectivity index (χ4n) is 1.79. The topological polar surface area (TPSA) is 94.8 Å². The van der Waals surface area contributed by atoms with Crippen LogP contribution in [0.4, 0.5) is 10.1 Å². The highest BCUT2D eigenvalue weighted by Gasteiger charge is 2.16. The van der Waals surface area contributed by atoms with Crippen molar-refractivity contribution in [2.75, 3.05) is 5.73 Å². The highest BCUT2D eigenvalue weighted by molar-refractivity contribution is 5.48. The van der Waals surface area contributed by atoms with Crippen LogP contribution < -0.4 is 17.0 Å². The lowest BCUT2D eigenvalue weighted by atomic mass is 10.0. The molecule has 0 aliphatic rings. The molecule has 0 radical (unpaired) electrons. The molecule has 6 nitrogen and oxygen atoms in total. The van der Waals surface area contributed by atoms with Crippen molar-refractivity contribution in [2.45, 2.75) is 12.5 Å². The SMILES string of the molecule is Cn1ncnc1CC(NN)c1cc(F)ccc1N. The van der Waals surface area contributed by atoms with Crippen molar-refractivity contribution in [1.82, 2.24) is 20.2 Å². The van der Waals surface area contributed by atoms with Crippen LogP contribution in [0.3, 0.4) is 0 Å². The standard InChI is InChI=1S/C11H15FN6/c1-18-11(15-6-16-18)5-10(17-14)8-4-7(12)2-3-9(8)13/h2-4,6,10,17H,5,13-14H2,1H3. The van der Waals surface area contributed by atoms with Gasteiger partial charge in [0, 0.05) is 19.2 Å². The number of halogens is 1. The van der Waals surface area contributed by atoms with Crippen LogP contribution in [-0.2, 0) is 13.5 Å². The molecule has 0 amide bonds. The predicted octanol–water partition coefficient (Wildman–Crippen LogP) is 0.283. The lowest BCUT2D eigenvalue weighted by Gasteiger charge is -2.17. The Hall–Kier alpha value is -1.99. The number of aryl methyl sites for hydroxylation is 1. The van der Waals surface area contributed by atoms with Gasteiger partial charge in [-0.25, -0.2) is 9.37 Å². The average Bonchev–Trinajstić information content (AvgIpc) is 2.75. The molecule has 0 spiro atoms. The molecule has 5 N–H and O–H groups in total. The molecular formula is C11H15FN6. The van der Waals surface area contributed by atoms with E-state index in [2.05, 4.69) is 15.5 Å². The van der Waals surface area contributed by atoms with Gasteiger partial charge in [-0.2, -0.15) is 5.10 Å². The summed E-state index contributed by atoms with van der Waals surface area (Å²) in [7, 11) is 1.78. The van der Waals surface area contributed by atoms with Crippen LogP contribution in [0, 0.1) is 5.82 Å². The zero-order chi connectivity index (χ0) is 13.1. The molecule has 18 heavy (non-hydrogen) atoms. The number of aromatic nitrogens is 3. The summed E-state index contributed by atoms with van der Waals surface area (Å²) in [5.74, 6) is 5.89. The van der Waals surface area contributed by atoms with Crippen molar-refractivity contribution in [1.29, 1.82) is 0 Å². The van der Waals surface area contributed by atoms with E-state index in [4.69, 9.17) is 11.6 Å². The molecule has 2 aromatic rings. The highest BCUT2D eigenvalue weighted by atomic mass is 19.1. The zero-order valence-corrected chi connectivity index (χ0v) is 9.97. The molecule has 7 heteroatoms. The van der Waals surface area contributed by atoms with Crippen molar-refractivity contribution in [2.24, 2.45) is 12.9 Å². The van der Waals surface area contributed by atoms with Crippen molar-refractivity contribution < 1.29 is 4.39 Å². The number of nitrogens with one attached hydrogen (secondary N) is 1. The molecule has 0 saturated carbocycles. The van der Waals surface area contributed by atoms with E-state index in [1.807, 2.05) is 0 Å². The quantitative estimate of drug-likeness (QED) is 0.411. The monoisotopic (exact) mass is 250 g/mol. The Bertz CT molecular complexity index is 538. The van der Waals surface area contributed by atoms with Crippen molar-refractivity contribution in [3.8, 4) is 0 Å². The Labute approximate surface area is 104 Å². The third-order valence-corrected chi connectivity index (χ3v) is 2.82. The first-order chi connectivity index (χ1) is 8.61. The second-order valence-electron chi connectivity index (χ2n) is 4.00. The van der Waals surface area contributed by atoms with E-state index >= 15 is 0 Å². The molecule has 0 aliphatic heterocycles. The van der Waals surface area contributed by atoms with Gasteiger partial charge in [-0.05, 0) is 23.8 Å². The maximum atomic E-state index is 13.2. The van der Waals surface area contributed by atoms with E-state index in [0.29, 0.717) is 17.7 Å². The van der Waals surface area contributed by atoms with Crippen molar-refractivity contribution >= 4 is 5.69 Å². The van der Waals surface area contributed by atoms with Gasteiger partial charge >= 0.3 is 0 Å². The number of hydrogen-bond acceptors (Lipinski definition) is 5. The van der Waals surface area contributed by atoms with Crippen LogP contribution in [0.25, 0.3) is 0 Å². The fraction of sp³-hybridized carbons (Fsp3) is 0.273. The van der Waals surface area contributed by atoms with Crippen molar-refractivity contribution in [3.63, 3.8) is 0 Å². The number of rotatable bonds is 4. The molecule has 2 rings (SSSR count). The smallest absolute Gasteiger partial charge is 0.138 e. The lowest BCUT2D eigenvalue weighted by molar-refractivity contribution is 0.520. The van der Waals surface area contributed by atoms with E-state index < -0.39 is 0 Å². The number of anilines is 1. The number of nitrogens with zero attached hydrogens (tertiary/aromatic N) is 3. The van der Waals surface area contributed by atoms with Gasteiger partial charge in [0.25, 0.3) is 0 Å². The van der Waals surface area contributed by atoms with Crippen LogP contribution in [0.5, 0.6) is 0 Å². The van der Waals surface area contributed by atoms with Gasteiger partial charge in [0.05, 0.1) is 6.04 Å². The van der Waals surface area contributed by atoms with Crippen LogP contribution >= 0.6 is 0 Å². The molecule has 0 bridgehead atoms. The predicted molar refractivity (Wildman–Crippen MR) is 65.6 cm³/mol. The van der Waals surface area contributed by atoms with Crippen LogP contribution in [0.1, 0.15) is 17.4 Å². The lowest BCUT2D eigenvalue weighted by Crippen LogP contribution is -2.31. The number of hydrogen-bond donors (Lipinski definition) is 3. The van der Waals surface area contributed by atoms with Gasteiger partial charge in [-0.1, -0.05) is 0 Å². The normalized spacial score (nSPS) is 12.6. The molecule has 1 unspecified atom stereocenters. The van der Waals surface area contributed by atoms with E-state index in [1.165, 1.54) is 24.5 Å². The molecule has 0 saturated heterocycles. The minimum absolute atomic E-state index is 0.316. The van der Waals surface area contributed by atoms with E-state index in [0.717, 1.165) is 5.82 Å². The number of nitrogen functional groups attached to an aromatic ring is 1. The highest BCUT2D eigenvalue weighted by Crippen LogP contribution is 2.23. The Balaban J connectivity index is 2.28. The van der Waals surface area contributed by atoms with Crippen LogP contribution in [0.15, 0.2) is 24.5 Å². The Morgan fingerprint density at radius 3 is 2.89 bits per heavy atom. The summed E-state index contributed by atoms with van der Waals surface area (Å²) >= 11 is 0. The van der Waals surface area contributed by atoms with Crippen molar-refractivity contribution in [3.05, 3.63) is 41.7 Å². The molecule has 0 fully saturated rings. The number of hydrazine groups is 1. The second-order valence-corrected chi connectivity index (χ2v) is 4.00. The summed E-state index contributed by atoms with van der Waals surface area (Å²) in [6.45, 7) is 0. The molecule has 1 atom stereocenters.